The van der Waals surface area contributed by atoms with Crippen LogP contribution in [0, 0.1) is 0 Å². The minimum Gasteiger partial charge on any atom is -0.352 e. The number of piperidine rings is 1. The number of fused-ring (bicyclic) bond motifs is 1. The van der Waals surface area contributed by atoms with Gasteiger partial charge in [0, 0.05) is 18.6 Å². The standard InChI is InChI=1S/C13H23N3O/c17-13(12-4-1-6-14-12)15-10-5-8-16-7-2-3-11(16)9-10/h10-12,14H,1-9H2,(H,15,17)/t10?,11?,12-/m1/s1. The topological polar surface area (TPSA) is 44.4 Å². The predicted octanol–water partition coefficient (Wildman–Crippen LogP) is 0.481. The highest BCUT2D eigenvalue weighted by Gasteiger charge is 2.33. The quantitative estimate of drug-likeness (QED) is 0.734. The Balaban J connectivity index is 1.50. The molecule has 0 aromatic heterocycles. The van der Waals surface area contributed by atoms with Crippen molar-refractivity contribution in [3.63, 3.8) is 0 Å². The van der Waals surface area contributed by atoms with Crippen LogP contribution in [0.5, 0.6) is 0 Å². The molecule has 3 rings (SSSR count). The van der Waals surface area contributed by atoms with Gasteiger partial charge in [-0.1, -0.05) is 0 Å². The molecule has 3 aliphatic rings. The van der Waals surface area contributed by atoms with Crippen molar-refractivity contribution >= 4 is 5.91 Å². The first kappa shape index (κ1) is 11.5. The summed E-state index contributed by atoms with van der Waals surface area (Å²) in [6, 6.07) is 1.24. The Morgan fingerprint density at radius 3 is 2.94 bits per heavy atom. The predicted molar refractivity (Wildman–Crippen MR) is 66.8 cm³/mol. The first-order valence-electron chi connectivity index (χ1n) is 7.11. The van der Waals surface area contributed by atoms with Crippen LogP contribution in [0.1, 0.15) is 38.5 Å². The molecule has 3 fully saturated rings. The van der Waals surface area contributed by atoms with E-state index in [0.717, 1.165) is 31.8 Å². The summed E-state index contributed by atoms with van der Waals surface area (Å²) in [5, 5.41) is 6.52. The van der Waals surface area contributed by atoms with Gasteiger partial charge in [0.2, 0.25) is 5.91 Å². The maximum absolute atomic E-state index is 12.0. The van der Waals surface area contributed by atoms with E-state index >= 15 is 0 Å². The zero-order chi connectivity index (χ0) is 11.7. The van der Waals surface area contributed by atoms with Crippen LogP contribution in [-0.4, -0.2) is 48.6 Å². The van der Waals surface area contributed by atoms with Crippen LogP contribution in [0.4, 0.5) is 0 Å². The van der Waals surface area contributed by atoms with Crippen molar-refractivity contribution in [2.45, 2.75) is 56.7 Å². The Kier molecular flexibility index (Phi) is 3.34. The van der Waals surface area contributed by atoms with Crippen LogP contribution in [-0.2, 0) is 4.79 Å². The fourth-order valence-corrected chi connectivity index (χ4v) is 3.57. The van der Waals surface area contributed by atoms with E-state index < -0.39 is 0 Å². The number of hydrogen-bond acceptors (Lipinski definition) is 3. The molecule has 0 aromatic carbocycles. The number of carbonyl (C=O) groups excluding carboxylic acids is 1. The number of nitrogens with one attached hydrogen (secondary N) is 2. The van der Waals surface area contributed by atoms with Gasteiger partial charge in [-0.05, 0) is 51.6 Å². The Morgan fingerprint density at radius 1 is 1.18 bits per heavy atom. The summed E-state index contributed by atoms with van der Waals surface area (Å²) in [6.07, 6.45) is 7.12. The molecule has 0 bridgehead atoms. The fraction of sp³-hybridized carbons (Fsp3) is 0.923. The van der Waals surface area contributed by atoms with Crippen LogP contribution < -0.4 is 10.6 Å². The van der Waals surface area contributed by atoms with E-state index in [9.17, 15) is 4.79 Å². The van der Waals surface area contributed by atoms with Crippen LogP contribution in [0.3, 0.4) is 0 Å². The molecule has 0 aliphatic carbocycles. The molecule has 0 radical (unpaired) electrons. The van der Waals surface area contributed by atoms with Gasteiger partial charge >= 0.3 is 0 Å². The normalized spacial score (nSPS) is 38.0. The van der Waals surface area contributed by atoms with Crippen LogP contribution in [0.2, 0.25) is 0 Å². The zero-order valence-electron chi connectivity index (χ0n) is 10.5. The fourth-order valence-electron chi connectivity index (χ4n) is 3.57. The summed E-state index contributed by atoms with van der Waals surface area (Å²) in [5.74, 6) is 0.235. The average Bonchev–Trinajstić information content (AvgIpc) is 2.99. The van der Waals surface area contributed by atoms with E-state index in [1.165, 1.54) is 32.4 Å². The first-order valence-corrected chi connectivity index (χ1v) is 7.11. The minimum atomic E-state index is 0.0802. The van der Waals surface area contributed by atoms with Crippen molar-refractivity contribution in [3.05, 3.63) is 0 Å². The Hall–Kier alpha value is -0.610. The molecule has 3 heterocycles. The number of amides is 1. The molecule has 0 spiro atoms. The van der Waals surface area contributed by atoms with Gasteiger partial charge in [-0.2, -0.15) is 0 Å². The van der Waals surface area contributed by atoms with Crippen molar-refractivity contribution < 1.29 is 4.79 Å². The number of nitrogens with zero attached hydrogens (tertiary/aromatic N) is 1. The van der Waals surface area contributed by atoms with Crippen molar-refractivity contribution in [2.24, 2.45) is 0 Å². The van der Waals surface area contributed by atoms with Crippen LogP contribution in [0.15, 0.2) is 0 Å². The maximum atomic E-state index is 12.0. The SMILES string of the molecule is O=C(NC1CCN2CCCC2C1)[C@H]1CCCN1. The lowest BCUT2D eigenvalue weighted by Crippen LogP contribution is -2.51. The highest BCUT2D eigenvalue weighted by Crippen LogP contribution is 2.26. The summed E-state index contributed by atoms with van der Waals surface area (Å²) in [7, 11) is 0. The van der Waals surface area contributed by atoms with Gasteiger partial charge in [-0.15, -0.1) is 0 Å². The molecule has 3 atom stereocenters. The molecule has 1 amide bonds. The minimum absolute atomic E-state index is 0.0802. The third kappa shape index (κ3) is 2.47. The summed E-state index contributed by atoms with van der Waals surface area (Å²) < 4.78 is 0. The maximum Gasteiger partial charge on any atom is 0.237 e. The lowest BCUT2D eigenvalue weighted by molar-refractivity contribution is -0.123. The van der Waals surface area contributed by atoms with E-state index in [4.69, 9.17) is 0 Å². The second-order valence-electron chi connectivity index (χ2n) is 5.71. The molecule has 0 saturated carbocycles. The highest BCUT2D eigenvalue weighted by atomic mass is 16.2. The van der Waals surface area contributed by atoms with E-state index in [1.807, 2.05) is 0 Å². The summed E-state index contributed by atoms with van der Waals surface area (Å²) in [5.41, 5.74) is 0. The molecular weight excluding hydrogens is 214 g/mol. The Labute approximate surface area is 103 Å². The van der Waals surface area contributed by atoms with Crippen molar-refractivity contribution in [1.82, 2.24) is 15.5 Å². The van der Waals surface area contributed by atoms with Gasteiger partial charge in [0.15, 0.2) is 0 Å². The van der Waals surface area contributed by atoms with E-state index in [1.54, 1.807) is 0 Å². The number of carbonyl (C=O) groups is 1. The number of rotatable bonds is 2. The molecule has 3 saturated heterocycles. The van der Waals surface area contributed by atoms with Gasteiger partial charge in [-0.3, -0.25) is 4.79 Å². The molecule has 4 nitrogen and oxygen atoms in total. The summed E-state index contributed by atoms with van der Waals surface area (Å²) >= 11 is 0. The van der Waals surface area contributed by atoms with Crippen LogP contribution >= 0.6 is 0 Å². The smallest absolute Gasteiger partial charge is 0.237 e. The average molecular weight is 237 g/mol. The molecule has 96 valence electrons. The third-order valence-electron chi connectivity index (χ3n) is 4.54. The molecule has 4 heteroatoms. The van der Waals surface area contributed by atoms with Crippen LogP contribution in [0.25, 0.3) is 0 Å². The van der Waals surface area contributed by atoms with Crippen molar-refractivity contribution in [1.29, 1.82) is 0 Å². The van der Waals surface area contributed by atoms with E-state index in [-0.39, 0.29) is 11.9 Å². The zero-order valence-corrected chi connectivity index (χ0v) is 10.5. The molecule has 17 heavy (non-hydrogen) atoms. The van der Waals surface area contributed by atoms with E-state index in [0.29, 0.717) is 6.04 Å². The second-order valence-corrected chi connectivity index (χ2v) is 5.71. The van der Waals surface area contributed by atoms with Crippen molar-refractivity contribution in [3.8, 4) is 0 Å². The Morgan fingerprint density at radius 2 is 2.12 bits per heavy atom. The van der Waals surface area contributed by atoms with Gasteiger partial charge in [0.05, 0.1) is 6.04 Å². The van der Waals surface area contributed by atoms with Gasteiger partial charge in [0.1, 0.15) is 0 Å². The van der Waals surface area contributed by atoms with Gasteiger partial charge < -0.3 is 15.5 Å². The number of hydrogen-bond donors (Lipinski definition) is 2. The first-order chi connectivity index (χ1) is 8.33. The largest absolute Gasteiger partial charge is 0.352 e. The van der Waals surface area contributed by atoms with Crippen molar-refractivity contribution in [2.75, 3.05) is 19.6 Å². The van der Waals surface area contributed by atoms with Gasteiger partial charge in [0.25, 0.3) is 0 Å². The monoisotopic (exact) mass is 237 g/mol. The second kappa shape index (κ2) is 4.94. The molecule has 2 N–H and O–H groups in total. The molecular formula is C13H23N3O. The summed E-state index contributed by atoms with van der Waals surface area (Å²) in [4.78, 5) is 14.6. The Bertz CT molecular complexity index is 288. The summed E-state index contributed by atoms with van der Waals surface area (Å²) in [6.45, 7) is 3.45. The molecule has 2 unspecified atom stereocenters. The molecule has 0 aromatic rings. The van der Waals surface area contributed by atoms with E-state index in [2.05, 4.69) is 15.5 Å². The lowest BCUT2D eigenvalue weighted by Gasteiger charge is -2.35. The lowest BCUT2D eigenvalue weighted by atomic mass is 9.97. The third-order valence-corrected chi connectivity index (χ3v) is 4.54. The van der Waals surface area contributed by atoms with Gasteiger partial charge in [-0.25, -0.2) is 0 Å². The molecule has 3 aliphatic heterocycles. The highest BCUT2D eigenvalue weighted by molar-refractivity contribution is 5.82.